The van der Waals surface area contributed by atoms with Crippen LogP contribution in [0, 0.1) is 6.92 Å². The number of amides is 1. The molecule has 116 valence electrons. The fourth-order valence-corrected chi connectivity index (χ4v) is 1.62. The van der Waals surface area contributed by atoms with Crippen LogP contribution < -0.4 is 15.4 Å². The van der Waals surface area contributed by atoms with E-state index < -0.39 is 0 Å². The van der Waals surface area contributed by atoms with Crippen LogP contribution in [-0.2, 0) is 16.1 Å². The molecule has 0 unspecified atom stereocenters. The van der Waals surface area contributed by atoms with E-state index in [0.717, 1.165) is 17.9 Å². The fourth-order valence-electron chi connectivity index (χ4n) is 1.62. The third kappa shape index (κ3) is 6.87. The first-order chi connectivity index (χ1) is 10.2. The number of hydrogen-bond donors (Lipinski definition) is 2. The largest absolute Gasteiger partial charge is 0.482 e. The average molecular weight is 293 g/mol. The zero-order chi connectivity index (χ0) is 15.5. The van der Waals surface area contributed by atoms with Gasteiger partial charge < -0.3 is 20.1 Å². The molecular formula is C15H23N3O3. The Bertz CT molecular complexity index is 463. The summed E-state index contributed by atoms with van der Waals surface area (Å²) in [4.78, 5) is 16.0. The van der Waals surface area contributed by atoms with Gasteiger partial charge in [-0.05, 0) is 19.1 Å². The van der Waals surface area contributed by atoms with E-state index >= 15 is 0 Å². The van der Waals surface area contributed by atoms with Crippen LogP contribution in [0.4, 0.5) is 0 Å². The Morgan fingerprint density at radius 2 is 2.29 bits per heavy atom. The van der Waals surface area contributed by atoms with Crippen molar-refractivity contribution < 1.29 is 14.3 Å². The van der Waals surface area contributed by atoms with Gasteiger partial charge in [0.25, 0.3) is 5.91 Å². The number of nitrogens with one attached hydrogen (secondary N) is 2. The summed E-state index contributed by atoms with van der Waals surface area (Å²) in [6.45, 7) is 7.77. The number of ether oxygens (including phenoxy) is 2. The lowest BCUT2D eigenvalue weighted by molar-refractivity contribution is -0.122. The number of hydrogen-bond acceptors (Lipinski definition) is 5. The molecule has 2 N–H and O–H groups in total. The molecule has 1 aromatic heterocycles. The minimum absolute atomic E-state index is 0.0380. The first-order valence-corrected chi connectivity index (χ1v) is 6.84. The van der Waals surface area contributed by atoms with E-state index in [0.29, 0.717) is 25.4 Å². The summed E-state index contributed by atoms with van der Waals surface area (Å²) in [5.41, 5.74) is 1.68. The van der Waals surface area contributed by atoms with Crippen molar-refractivity contribution in [2.75, 3.05) is 33.4 Å². The van der Waals surface area contributed by atoms with Gasteiger partial charge in [-0.2, -0.15) is 0 Å². The van der Waals surface area contributed by atoms with Crippen molar-refractivity contribution in [1.29, 1.82) is 0 Å². The van der Waals surface area contributed by atoms with Crippen LogP contribution in [0.1, 0.15) is 11.4 Å². The molecule has 0 bridgehead atoms. The van der Waals surface area contributed by atoms with Gasteiger partial charge in [-0.15, -0.1) is 6.58 Å². The van der Waals surface area contributed by atoms with Crippen LogP contribution >= 0.6 is 0 Å². The van der Waals surface area contributed by atoms with Crippen molar-refractivity contribution in [2.45, 2.75) is 13.5 Å². The number of methoxy groups -OCH3 is 1. The summed E-state index contributed by atoms with van der Waals surface area (Å²) in [5, 5.41) is 5.87. The van der Waals surface area contributed by atoms with Crippen molar-refractivity contribution >= 4 is 5.91 Å². The Morgan fingerprint density at radius 1 is 1.48 bits per heavy atom. The highest BCUT2D eigenvalue weighted by Crippen LogP contribution is 2.16. The molecule has 6 heteroatoms. The third-order valence-electron chi connectivity index (χ3n) is 2.65. The molecule has 0 saturated carbocycles. The molecule has 1 aromatic rings. The van der Waals surface area contributed by atoms with E-state index in [-0.39, 0.29) is 12.5 Å². The van der Waals surface area contributed by atoms with Crippen molar-refractivity contribution in [3.8, 4) is 5.75 Å². The van der Waals surface area contributed by atoms with Crippen LogP contribution in [0.2, 0.25) is 0 Å². The number of carbonyl (C=O) groups excluding carboxylic acids is 1. The summed E-state index contributed by atoms with van der Waals surface area (Å²) in [6.07, 6.45) is 1.62. The van der Waals surface area contributed by atoms with Crippen molar-refractivity contribution in [1.82, 2.24) is 15.6 Å². The average Bonchev–Trinajstić information content (AvgIpc) is 2.48. The molecule has 0 fully saturated rings. The van der Waals surface area contributed by atoms with Crippen LogP contribution in [0.15, 0.2) is 24.8 Å². The van der Waals surface area contributed by atoms with Gasteiger partial charge in [-0.3, -0.25) is 9.78 Å². The number of aromatic nitrogens is 1. The Hall–Kier alpha value is -1.92. The predicted octanol–water partition coefficient (Wildman–Crippen LogP) is 0.807. The van der Waals surface area contributed by atoms with E-state index in [4.69, 9.17) is 9.47 Å². The van der Waals surface area contributed by atoms with Crippen LogP contribution in [0.3, 0.4) is 0 Å². The van der Waals surface area contributed by atoms with Gasteiger partial charge in [0.1, 0.15) is 5.75 Å². The van der Waals surface area contributed by atoms with Crippen LogP contribution in [0.25, 0.3) is 0 Å². The molecule has 0 saturated heterocycles. The Morgan fingerprint density at radius 3 is 3.00 bits per heavy atom. The van der Waals surface area contributed by atoms with Gasteiger partial charge in [0.15, 0.2) is 6.61 Å². The quantitative estimate of drug-likeness (QED) is 0.493. The highest BCUT2D eigenvalue weighted by Gasteiger charge is 2.08. The topological polar surface area (TPSA) is 72.5 Å². The van der Waals surface area contributed by atoms with Gasteiger partial charge in [-0.25, -0.2) is 0 Å². The van der Waals surface area contributed by atoms with E-state index in [2.05, 4.69) is 22.2 Å². The molecule has 1 amide bonds. The molecule has 6 nitrogen and oxygen atoms in total. The van der Waals surface area contributed by atoms with Crippen LogP contribution in [-0.4, -0.2) is 44.3 Å². The summed E-state index contributed by atoms with van der Waals surface area (Å²) < 4.78 is 10.5. The lowest BCUT2D eigenvalue weighted by atomic mass is 10.3. The second-order valence-electron chi connectivity index (χ2n) is 4.45. The zero-order valence-corrected chi connectivity index (χ0v) is 12.6. The highest BCUT2D eigenvalue weighted by molar-refractivity contribution is 5.77. The number of rotatable bonds is 10. The molecular weight excluding hydrogens is 270 g/mol. The van der Waals surface area contributed by atoms with Gasteiger partial charge in [-0.1, -0.05) is 6.08 Å². The van der Waals surface area contributed by atoms with Gasteiger partial charge >= 0.3 is 0 Å². The van der Waals surface area contributed by atoms with Crippen LogP contribution in [0.5, 0.6) is 5.75 Å². The molecule has 1 rings (SSSR count). The Balaban J connectivity index is 2.55. The maximum Gasteiger partial charge on any atom is 0.258 e. The van der Waals surface area contributed by atoms with E-state index in [1.807, 2.05) is 19.1 Å². The van der Waals surface area contributed by atoms with Gasteiger partial charge in [0, 0.05) is 32.4 Å². The third-order valence-corrected chi connectivity index (χ3v) is 2.65. The van der Waals surface area contributed by atoms with Crippen molar-refractivity contribution in [2.24, 2.45) is 0 Å². The molecule has 0 aromatic carbocycles. The first kappa shape index (κ1) is 17.1. The van der Waals surface area contributed by atoms with E-state index in [9.17, 15) is 4.79 Å². The van der Waals surface area contributed by atoms with Crippen molar-refractivity contribution in [3.63, 3.8) is 0 Å². The molecule has 0 aliphatic rings. The summed E-state index contributed by atoms with van der Waals surface area (Å²) in [6, 6.07) is 3.69. The lowest BCUT2D eigenvalue weighted by Gasteiger charge is -2.12. The molecule has 21 heavy (non-hydrogen) atoms. The minimum Gasteiger partial charge on any atom is -0.482 e. The number of nitrogens with zero attached hydrogens (tertiary/aromatic N) is 1. The molecule has 0 spiro atoms. The van der Waals surface area contributed by atoms with Gasteiger partial charge in [0.05, 0.1) is 12.3 Å². The first-order valence-electron chi connectivity index (χ1n) is 6.84. The predicted molar refractivity (Wildman–Crippen MR) is 81.3 cm³/mol. The molecule has 0 aliphatic heterocycles. The lowest BCUT2D eigenvalue weighted by Crippen LogP contribution is -2.29. The standard InChI is InChI=1S/C15H23N3O3/c1-4-7-17-15(19)11-21-14-6-5-12(2)18-13(14)10-16-8-9-20-3/h4-6,16H,1,7-11H2,2-3H3,(H,17,19). The summed E-state index contributed by atoms with van der Waals surface area (Å²) in [5.74, 6) is 0.424. The minimum atomic E-state index is -0.186. The summed E-state index contributed by atoms with van der Waals surface area (Å²) >= 11 is 0. The maximum absolute atomic E-state index is 11.5. The van der Waals surface area contributed by atoms with Crippen molar-refractivity contribution in [3.05, 3.63) is 36.2 Å². The maximum atomic E-state index is 11.5. The number of aryl methyl sites for hydroxylation is 1. The Labute approximate surface area is 125 Å². The van der Waals surface area contributed by atoms with E-state index in [1.165, 1.54) is 0 Å². The molecule has 0 aliphatic carbocycles. The molecule has 0 atom stereocenters. The second kappa shape index (κ2) is 9.90. The fraction of sp³-hybridized carbons (Fsp3) is 0.467. The smallest absolute Gasteiger partial charge is 0.258 e. The molecule has 1 heterocycles. The number of pyridine rings is 1. The zero-order valence-electron chi connectivity index (χ0n) is 12.6. The highest BCUT2D eigenvalue weighted by atomic mass is 16.5. The Kier molecular flexibility index (Phi) is 8.08. The monoisotopic (exact) mass is 293 g/mol. The number of carbonyl (C=O) groups is 1. The van der Waals surface area contributed by atoms with Gasteiger partial charge in [0.2, 0.25) is 0 Å². The second-order valence-corrected chi connectivity index (χ2v) is 4.45. The van der Waals surface area contributed by atoms with E-state index in [1.54, 1.807) is 13.2 Å². The normalized spacial score (nSPS) is 10.2. The summed E-state index contributed by atoms with van der Waals surface area (Å²) in [7, 11) is 1.66. The SMILES string of the molecule is C=CCNC(=O)COc1ccc(C)nc1CNCCOC. The molecule has 0 radical (unpaired) electrons.